The van der Waals surface area contributed by atoms with E-state index in [0.717, 1.165) is 5.56 Å². The average Bonchev–Trinajstić information content (AvgIpc) is 2.46. The van der Waals surface area contributed by atoms with Gasteiger partial charge in [0.25, 0.3) is 5.69 Å². The van der Waals surface area contributed by atoms with Gasteiger partial charge < -0.3 is 4.84 Å². The summed E-state index contributed by atoms with van der Waals surface area (Å²) in [6, 6.07) is 13.7. The summed E-state index contributed by atoms with van der Waals surface area (Å²) in [5, 5.41) is 14.8. The molecule has 5 nitrogen and oxygen atoms in total. The number of nitro benzene ring substituents is 1. The second kappa shape index (κ2) is 6.68. The Morgan fingerprint density at radius 3 is 2.70 bits per heavy atom. The van der Waals surface area contributed by atoms with Gasteiger partial charge in [-0.1, -0.05) is 47.1 Å². The summed E-state index contributed by atoms with van der Waals surface area (Å²) in [7, 11) is 0. The molecular weight excluding hydrogens is 280 g/mol. The van der Waals surface area contributed by atoms with Crippen molar-refractivity contribution >= 4 is 23.5 Å². The Labute approximate surface area is 120 Å². The Bertz CT molecular complexity index is 630. The number of hydrogen-bond acceptors (Lipinski definition) is 4. The Morgan fingerprint density at radius 1 is 1.25 bits per heavy atom. The largest absolute Gasteiger partial charge is 0.391 e. The number of benzene rings is 2. The van der Waals surface area contributed by atoms with Crippen LogP contribution in [0.1, 0.15) is 11.1 Å². The molecule has 0 radical (unpaired) electrons. The Balaban J connectivity index is 2.00. The summed E-state index contributed by atoms with van der Waals surface area (Å²) in [5.74, 6) is 0. The normalized spacial score (nSPS) is 10.7. The van der Waals surface area contributed by atoms with E-state index in [2.05, 4.69) is 5.16 Å². The molecule has 102 valence electrons. The van der Waals surface area contributed by atoms with Crippen LogP contribution in [0.4, 0.5) is 5.69 Å². The summed E-state index contributed by atoms with van der Waals surface area (Å²) < 4.78 is 0. The molecule has 6 heteroatoms. The molecule has 0 bridgehead atoms. The molecule has 2 aromatic rings. The van der Waals surface area contributed by atoms with Crippen molar-refractivity contribution in [1.29, 1.82) is 0 Å². The van der Waals surface area contributed by atoms with E-state index in [4.69, 9.17) is 16.4 Å². The van der Waals surface area contributed by atoms with Gasteiger partial charge in [0.2, 0.25) is 0 Å². The van der Waals surface area contributed by atoms with Crippen molar-refractivity contribution < 1.29 is 9.76 Å². The lowest BCUT2D eigenvalue weighted by molar-refractivity contribution is -0.384. The predicted molar refractivity (Wildman–Crippen MR) is 76.9 cm³/mol. The van der Waals surface area contributed by atoms with Crippen LogP contribution in [0.25, 0.3) is 0 Å². The van der Waals surface area contributed by atoms with Crippen LogP contribution in [0.15, 0.2) is 53.7 Å². The quantitative estimate of drug-likeness (QED) is 0.478. The zero-order valence-corrected chi connectivity index (χ0v) is 11.2. The van der Waals surface area contributed by atoms with E-state index in [0.29, 0.717) is 17.2 Å². The molecule has 0 saturated carbocycles. The summed E-state index contributed by atoms with van der Waals surface area (Å²) in [6.07, 6.45) is 1.36. The number of nitro groups is 1. The molecule has 2 aromatic carbocycles. The van der Waals surface area contributed by atoms with Gasteiger partial charge in [0, 0.05) is 22.7 Å². The van der Waals surface area contributed by atoms with Gasteiger partial charge in [-0.05, 0) is 11.6 Å². The molecule has 0 saturated heterocycles. The molecule has 0 spiro atoms. The van der Waals surface area contributed by atoms with Crippen molar-refractivity contribution in [3.8, 4) is 0 Å². The highest BCUT2D eigenvalue weighted by molar-refractivity contribution is 6.33. The summed E-state index contributed by atoms with van der Waals surface area (Å²) >= 11 is 5.93. The number of halogens is 1. The van der Waals surface area contributed by atoms with Crippen LogP contribution in [0.2, 0.25) is 5.02 Å². The number of rotatable bonds is 5. The fraction of sp³-hybridized carbons (Fsp3) is 0.0714. The summed E-state index contributed by atoms with van der Waals surface area (Å²) in [4.78, 5) is 15.3. The molecule has 0 aliphatic carbocycles. The molecule has 2 rings (SSSR count). The maximum atomic E-state index is 10.7. The van der Waals surface area contributed by atoms with Crippen LogP contribution in [0, 0.1) is 10.1 Å². The Kier molecular flexibility index (Phi) is 4.68. The van der Waals surface area contributed by atoms with Crippen molar-refractivity contribution in [1.82, 2.24) is 0 Å². The van der Waals surface area contributed by atoms with Crippen LogP contribution < -0.4 is 0 Å². The molecule has 0 amide bonds. The van der Waals surface area contributed by atoms with Crippen molar-refractivity contribution in [2.24, 2.45) is 5.16 Å². The minimum atomic E-state index is -0.488. The van der Waals surface area contributed by atoms with E-state index in [9.17, 15) is 10.1 Å². The molecule has 0 aromatic heterocycles. The lowest BCUT2D eigenvalue weighted by Crippen LogP contribution is -1.92. The van der Waals surface area contributed by atoms with Gasteiger partial charge in [0.15, 0.2) is 0 Å². The first kappa shape index (κ1) is 14.0. The lowest BCUT2D eigenvalue weighted by Gasteiger charge is -2.00. The fourth-order valence-corrected chi connectivity index (χ4v) is 1.69. The average molecular weight is 291 g/mol. The molecule has 0 N–H and O–H groups in total. The highest BCUT2D eigenvalue weighted by Gasteiger charge is 2.08. The van der Waals surface area contributed by atoms with Gasteiger partial charge >= 0.3 is 0 Å². The summed E-state index contributed by atoms with van der Waals surface area (Å²) in [5.41, 5.74) is 1.38. The third-order valence-corrected chi connectivity index (χ3v) is 2.87. The molecule has 20 heavy (non-hydrogen) atoms. The number of nitrogens with zero attached hydrogens (tertiary/aromatic N) is 2. The van der Waals surface area contributed by atoms with Crippen LogP contribution in [0.3, 0.4) is 0 Å². The standard InChI is InChI=1S/C14H11ClN2O3/c15-14-7-6-13(17(18)19)8-12(14)9-16-20-10-11-4-2-1-3-5-11/h1-9H,10H2/b16-9+. The molecule has 0 fully saturated rings. The fourth-order valence-electron chi connectivity index (χ4n) is 1.52. The molecular formula is C14H11ClN2O3. The monoisotopic (exact) mass is 290 g/mol. The first-order valence-corrected chi connectivity index (χ1v) is 6.18. The molecule has 0 aliphatic heterocycles. The lowest BCUT2D eigenvalue weighted by atomic mass is 10.2. The van der Waals surface area contributed by atoms with Crippen molar-refractivity contribution in [2.45, 2.75) is 6.61 Å². The van der Waals surface area contributed by atoms with Crippen molar-refractivity contribution in [3.05, 3.63) is 74.8 Å². The Morgan fingerprint density at radius 2 is 2.00 bits per heavy atom. The first-order valence-electron chi connectivity index (χ1n) is 5.80. The highest BCUT2D eigenvalue weighted by atomic mass is 35.5. The molecule has 0 aliphatic rings. The minimum absolute atomic E-state index is 0.0427. The maximum Gasteiger partial charge on any atom is 0.270 e. The topological polar surface area (TPSA) is 64.7 Å². The highest BCUT2D eigenvalue weighted by Crippen LogP contribution is 2.20. The molecule has 0 heterocycles. The van der Waals surface area contributed by atoms with Gasteiger partial charge in [-0.3, -0.25) is 10.1 Å². The van der Waals surface area contributed by atoms with Crippen molar-refractivity contribution in [3.63, 3.8) is 0 Å². The molecule has 0 unspecified atom stereocenters. The van der Waals surface area contributed by atoms with E-state index >= 15 is 0 Å². The maximum absolute atomic E-state index is 10.7. The zero-order valence-electron chi connectivity index (χ0n) is 10.4. The van der Waals surface area contributed by atoms with Gasteiger partial charge in [-0.2, -0.15) is 0 Å². The second-order valence-corrected chi connectivity index (χ2v) is 4.36. The third-order valence-electron chi connectivity index (χ3n) is 2.53. The van der Waals surface area contributed by atoms with Gasteiger partial charge in [0.05, 0.1) is 11.1 Å². The first-order chi connectivity index (χ1) is 9.66. The van der Waals surface area contributed by atoms with Gasteiger partial charge in [0.1, 0.15) is 6.61 Å². The Hall–Kier alpha value is -2.40. The smallest absolute Gasteiger partial charge is 0.270 e. The third kappa shape index (κ3) is 3.80. The van der Waals surface area contributed by atoms with Crippen molar-refractivity contribution in [2.75, 3.05) is 0 Å². The van der Waals surface area contributed by atoms with E-state index in [1.54, 1.807) is 0 Å². The zero-order chi connectivity index (χ0) is 14.4. The van der Waals surface area contributed by atoms with E-state index in [-0.39, 0.29) is 5.69 Å². The number of non-ortho nitro benzene ring substituents is 1. The molecule has 0 atom stereocenters. The number of hydrogen-bond donors (Lipinski definition) is 0. The minimum Gasteiger partial charge on any atom is -0.391 e. The summed E-state index contributed by atoms with van der Waals surface area (Å²) in [6.45, 7) is 0.323. The number of oxime groups is 1. The van der Waals surface area contributed by atoms with Gasteiger partial charge in [-0.15, -0.1) is 0 Å². The van der Waals surface area contributed by atoms with Crippen LogP contribution in [-0.4, -0.2) is 11.1 Å². The SMILES string of the molecule is O=[N+]([O-])c1ccc(Cl)c(/C=N/OCc2ccccc2)c1. The van der Waals surface area contributed by atoms with Crippen LogP contribution in [-0.2, 0) is 11.4 Å². The van der Waals surface area contributed by atoms with E-state index in [1.807, 2.05) is 30.3 Å². The van der Waals surface area contributed by atoms with E-state index in [1.165, 1.54) is 24.4 Å². The predicted octanol–water partition coefficient (Wildman–Crippen LogP) is 3.80. The second-order valence-electron chi connectivity index (χ2n) is 3.96. The van der Waals surface area contributed by atoms with Crippen LogP contribution >= 0.6 is 11.6 Å². The van der Waals surface area contributed by atoms with E-state index < -0.39 is 4.92 Å². The van der Waals surface area contributed by atoms with Crippen LogP contribution in [0.5, 0.6) is 0 Å². The van der Waals surface area contributed by atoms with Gasteiger partial charge in [-0.25, -0.2) is 0 Å².